The van der Waals surface area contributed by atoms with E-state index in [2.05, 4.69) is 29.2 Å². The summed E-state index contributed by atoms with van der Waals surface area (Å²) in [7, 11) is 0. The molecule has 0 radical (unpaired) electrons. The summed E-state index contributed by atoms with van der Waals surface area (Å²) in [6, 6.07) is 17.2. The summed E-state index contributed by atoms with van der Waals surface area (Å²) in [5, 5.41) is 9.76. The monoisotopic (exact) mass is 299 g/mol. The molecule has 0 saturated carbocycles. The molecule has 2 atom stereocenters. The normalized spacial score (nSPS) is 22.6. The van der Waals surface area contributed by atoms with Crippen LogP contribution in [0.1, 0.15) is 23.5 Å². The van der Waals surface area contributed by atoms with E-state index in [9.17, 15) is 9.50 Å². The Balaban J connectivity index is 1.67. The van der Waals surface area contributed by atoms with E-state index in [0.29, 0.717) is 5.92 Å². The van der Waals surface area contributed by atoms with Crippen LogP contribution in [-0.2, 0) is 6.54 Å². The Morgan fingerprint density at radius 2 is 1.77 bits per heavy atom. The molecular weight excluding hydrogens is 277 g/mol. The Kier molecular flexibility index (Phi) is 4.86. The molecule has 1 heterocycles. The number of nitrogens with zero attached hydrogens (tertiary/aromatic N) is 1. The molecule has 1 aliphatic heterocycles. The van der Waals surface area contributed by atoms with E-state index in [1.807, 2.05) is 18.2 Å². The summed E-state index contributed by atoms with van der Waals surface area (Å²) in [6.07, 6.45) is 1.00. The van der Waals surface area contributed by atoms with Crippen molar-refractivity contribution in [1.82, 2.24) is 4.90 Å². The lowest BCUT2D eigenvalue weighted by molar-refractivity contribution is 0.0972. The number of hydrogen-bond acceptors (Lipinski definition) is 2. The van der Waals surface area contributed by atoms with E-state index >= 15 is 0 Å². The second-order valence-electron chi connectivity index (χ2n) is 6.11. The van der Waals surface area contributed by atoms with E-state index in [-0.39, 0.29) is 18.3 Å². The minimum absolute atomic E-state index is 0.174. The predicted octanol–water partition coefficient (Wildman–Crippen LogP) is 3.42. The SMILES string of the molecule is OC[C@@H]1CN(Cc2ccccc2)CC[C@H]1c1ccc(F)cc1. The Bertz CT molecular complexity index is 584. The van der Waals surface area contributed by atoms with Crippen LogP contribution in [0, 0.1) is 11.7 Å². The summed E-state index contributed by atoms with van der Waals surface area (Å²) in [4.78, 5) is 2.40. The zero-order valence-electron chi connectivity index (χ0n) is 12.7. The highest BCUT2D eigenvalue weighted by Crippen LogP contribution is 2.33. The van der Waals surface area contributed by atoms with Crippen molar-refractivity contribution in [2.75, 3.05) is 19.7 Å². The van der Waals surface area contributed by atoms with Gasteiger partial charge in [-0.2, -0.15) is 0 Å². The third-order valence-electron chi connectivity index (χ3n) is 4.60. The molecule has 22 heavy (non-hydrogen) atoms. The zero-order valence-corrected chi connectivity index (χ0v) is 12.7. The van der Waals surface area contributed by atoms with E-state index < -0.39 is 0 Å². The van der Waals surface area contributed by atoms with Gasteiger partial charge in [-0.05, 0) is 42.1 Å². The van der Waals surface area contributed by atoms with Crippen molar-refractivity contribution in [2.24, 2.45) is 5.92 Å². The molecule has 2 aromatic rings. The molecule has 1 fully saturated rings. The third-order valence-corrected chi connectivity index (χ3v) is 4.60. The average molecular weight is 299 g/mol. The first-order chi connectivity index (χ1) is 10.8. The van der Waals surface area contributed by atoms with Gasteiger partial charge in [-0.3, -0.25) is 4.90 Å². The van der Waals surface area contributed by atoms with Gasteiger partial charge in [-0.25, -0.2) is 4.39 Å². The number of likely N-dealkylation sites (tertiary alicyclic amines) is 1. The molecule has 2 nitrogen and oxygen atoms in total. The van der Waals surface area contributed by atoms with Crippen LogP contribution in [0.2, 0.25) is 0 Å². The fourth-order valence-electron chi connectivity index (χ4n) is 3.43. The van der Waals surface area contributed by atoms with Crippen molar-refractivity contribution in [2.45, 2.75) is 18.9 Å². The maximum absolute atomic E-state index is 13.1. The maximum Gasteiger partial charge on any atom is 0.123 e. The topological polar surface area (TPSA) is 23.5 Å². The highest BCUT2D eigenvalue weighted by Gasteiger charge is 2.29. The molecule has 3 heteroatoms. The van der Waals surface area contributed by atoms with Crippen molar-refractivity contribution in [3.05, 3.63) is 71.5 Å². The highest BCUT2D eigenvalue weighted by atomic mass is 19.1. The summed E-state index contributed by atoms with van der Waals surface area (Å²) < 4.78 is 13.1. The van der Waals surface area contributed by atoms with Crippen LogP contribution in [0.15, 0.2) is 54.6 Å². The summed E-state index contributed by atoms with van der Waals surface area (Å²) >= 11 is 0. The van der Waals surface area contributed by atoms with Crippen LogP contribution in [0.25, 0.3) is 0 Å². The highest BCUT2D eigenvalue weighted by molar-refractivity contribution is 5.22. The smallest absolute Gasteiger partial charge is 0.123 e. The first-order valence-electron chi connectivity index (χ1n) is 7.89. The number of rotatable bonds is 4. The molecule has 2 aromatic carbocycles. The summed E-state index contributed by atoms with van der Waals surface area (Å²) in [5.74, 6) is 0.325. The Morgan fingerprint density at radius 1 is 1.05 bits per heavy atom. The minimum atomic E-state index is -0.203. The van der Waals surface area contributed by atoms with Crippen molar-refractivity contribution < 1.29 is 9.50 Å². The fourth-order valence-corrected chi connectivity index (χ4v) is 3.43. The predicted molar refractivity (Wildman–Crippen MR) is 86.1 cm³/mol. The van der Waals surface area contributed by atoms with Crippen molar-refractivity contribution >= 4 is 0 Å². The second-order valence-corrected chi connectivity index (χ2v) is 6.11. The fraction of sp³-hybridized carbons (Fsp3) is 0.368. The second kappa shape index (κ2) is 7.03. The van der Waals surface area contributed by atoms with Crippen LogP contribution < -0.4 is 0 Å². The molecule has 0 spiro atoms. The molecule has 116 valence electrons. The largest absolute Gasteiger partial charge is 0.396 e. The van der Waals surface area contributed by atoms with Gasteiger partial charge in [0.15, 0.2) is 0 Å². The van der Waals surface area contributed by atoms with Gasteiger partial charge in [0, 0.05) is 25.6 Å². The molecule has 0 aliphatic carbocycles. The van der Waals surface area contributed by atoms with Crippen LogP contribution in [-0.4, -0.2) is 29.7 Å². The summed E-state index contributed by atoms with van der Waals surface area (Å²) in [6.45, 7) is 2.99. The van der Waals surface area contributed by atoms with Crippen molar-refractivity contribution in [1.29, 1.82) is 0 Å². The number of piperidine rings is 1. The molecular formula is C19H22FNO. The molecule has 0 bridgehead atoms. The van der Waals surface area contributed by atoms with Gasteiger partial charge in [0.05, 0.1) is 0 Å². The van der Waals surface area contributed by atoms with Gasteiger partial charge in [0.25, 0.3) is 0 Å². The lowest BCUT2D eigenvalue weighted by Gasteiger charge is -2.38. The number of halogens is 1. The summed E-state index contributed by atoms with van der Waals surface area (Å²) in [5.41, 5.74) is 2.44. The molecule has 1 aliphatic rings. The maximum atomic E-state index is 13.1. The van der Waals surface area contributed by atoms with Gasteiger partial charge >= 0.3 is 0 Å². The molecule has 3 rings (SSSR count). The van der Waals surface area contributed by atoms with Gasteiger partial charge < -0.3 is 5.11 Å². The van der Waals surface area contributed by atoms with Crippen molar-refractivity contribution in [3.63, 3.8) is 0 Å². The number of hydrogen-bond donors (Lipinski definition) is 1. The van der Waals surface area contributed by atoms with Gasteiger partial charge in [0.2, 0.25) is 0 Å². The molecule has 0 amide bonds. The molecule has 1 saturated heterocycles. The van der Waals surface area contributed by atoms with Gasteiger partial charge in [-0.15, -0.1) is 0 Å². The van der Waals surface area contributed by atoms with Crippen LogP contribution in [0.5, 0.6) is 0 Å². The number of benzene rings is 2. The van der Waals surface area contributed by atoms with E-state index in [4.69, 9.17) is 0 Å². The van der Waals surface area contributed by atoms with Crippen LogP contribution >= 0.6 is 0 Å². The molecule has 1 N–H and O–H groups in total. The lowest BCUT2D eigenvalue weighted by atomic mass is 9.81. The Morgan fingerprint density at radius 3 is 2.45 bits per heavy atom. The van der Waals surface area contributed by atoms with E-state index in [1.165, 1.54) is 17.7 Å². The van der Waals surface area contributed by atoms with Gasteiger partial charge in [0.1, 0.15) is 5.82 Å². The molecule has 0 aromatic heterocycles. The van der Waals surface area contributed by atoms with E-state index in [0.717, 1.165) is 31.6 Å². The van der Waals surface area contributed by atoms with Gasteiger partial charge in [-0.1, -0.05) is 42.5 Å². The van der Waals surface area contributed by atoms with Crippen LogP contribution in [0.4, 0.5) is 4.39 Å². The quantitative estimate of drug-likeness (QED) is 0.935. The lowest BCUT2D eigenvalue weighted by Crippen LogP contribution is -2.40. The minimum Gasteiger partial charge on any atom is -0.396 e. The number of aliphatic hydroxyl groups is 1. The Hall–Kier alpha value is -1.71. The first kappa shape index (κ1) is 15.2. The third kappa shape index (κ3) is 3.54. The number of aliphatic hydroxyl groups excluding tert-OH is 1. The first-order valence-corrected chi connectivity index (χ1v) is 7.89. The van der Waals surface area contributed by atoms with E-state index in [1.54, 1.807) is 0 Å². The zero-order chi connectivity index (χ0) is 15.4. The Labute approximate surface area is 131 Å². The average Bonchev–Trinajstić information content (AvgIpc) is 2.56. The van der Waals surface area contributed by atoms with Crippen molar-refractivity contribution in [3.8, 4) is 0 Å². The van der Waals surface area contributed by atoms with Crippen LogP contribution in [0.3, 0.4) is 0 Å². The molecule has 0 unspecified atom stereocenters. The standard InChI is InChI=1S/C19H22FNO/c20-18-8-6-16(7-9-18)19-10-11-21(13-17(19)14-22)12-15-4-2-1-3-5-15/h1-9,17,19,22H,10-14H2/t17-,19-/m0/s1.